The summed E-state index contributed by atoms with van der Waals surface area (Å²) < 4.78 is 0. The Morgan fingerprint density at radius 3 is 2.85 bits per heavy atom. The number of aromatic nitrogens is 2. The van der Waals surface area contributed by atoms with E-state index in [0.717, 1.165) is 30.8 Å². The molecule has 1 N–H and O–H groups in total. The molecule has 2 aliphatic rings. The molecule has 1 aliphatic carbocycles. The fourth-order valence-corrected chi connectivity index (χ4v) is 4.05. The fraction of sp³-hybridized carbons (Fsp3) is 0.667. The van der Waals surface area contributed by atoms with E-state index >= 15 is 0 Å². The Morgan fingerprint density at radius 2 is 2.15 bits per heavy atom. The first-order chi connectivity index (χ1) is 9.59. The summed E-state index contributed by atoms with van der Waals surface area (Å²) in [6.07, 6.45) is 6.75. The molecule has 0 spiro atoms. The van der Waals surface area contributed by atoms with Gasteiger partial charge in [-0.1, -0.05) is 6.42 Å². The van der Waals surface area contributed by atoms with Gasteiger partial charge in [0, 0.05) is 18.9 Å². The number of hydrogen-bond donors (Lipinski definition) is 1. The second-order valence-electron chi connectivity index (χ2n) is 6.04. The van der Waals surface area contributed by atoms with E-state index in [1.165, 1.54) is 6.42 Å². The van der Waals surface area contributed by atoms with E-state index in [4.69, 9.17) is 0 Å². The van der Waals surface area contributed by atoms with Gasteiger partial charge in [0.15, 0.2) is 0 Å². The predicted octanol–water partition coefficient (Wildman–Crippen LogP) is 2.03. The second kappa shape index (κ2) is 5.13. The number of carboxylic acids is 1. The van der Waals surface area contributed by atoms with Gasteiger partial charge in [-0.3, -0.25) is 19.7 Å². The highest BCUT2D eigenvalue weighted by atomic mass is 16.4. The number of nitrogens with zero attached hydrogens (tertiary/aromatic N) is 3. The van der Waals surface area contributed by atoms with Crippen LogP contribution in [-0.4, -0.2) is 38.5 Å². The van der Waals surface area contributed by atoms with Crippen LogP contribution in [0.2, 0.25) is 0 Å². The van der Waals surface area contributed by atoms with Crippen molar-refractivity contribution in [3.05, 3.63) is 23.8 Å². The highest BCUT2D eigenvalue weighted by Crippen LogP contribution is 2.45. The van der Waals surface area contributed by atoms with E-state index in [0.29, 0.717) is 11.8 Å². The Hall–Kier alpha value is -1.49. The number of aliphatic carboxylic acids is 1. The third kappa shape index (κ3) is 2.10. The van der Waals surface area contributed by atoms with E-state index in [2.05, 4.69) is 14.9 Å². The largest absolute Gasteiger partial charge is 0.480 e. The zero-order chi connectivity index (χ0) is 14.3. The van der Waals surface area contributed by atoms with Gasteiger partial charge in [0.2, 0.25) is 0 Å². The van der Waals surface area contributed by atoms with Crippen molar-refractivity contribution in [1.29, 1.82) is 0 Å². The molecule has 2 fully saturated rings. The summed E-state index contributed by atoms with van der Waals surface area (Å²) in [6, 6.07) is -0.352. The minimum Gasteiger partial charge on any atom is -0.480 e. The molecule has 108 valence electrons. The molecule has 3 rings (SSSR count). The molecule has 2 heterocycles. The topological polar surface area (TPSA) is 66.3 Å². The van der Waals surface area contributed by atoms with E-state index in [-0.39, 0.29) is 12.1 Å². The Labute approximate surface area is 119 Å². The molecule has 4 unspecified atom stereocenters. The lowest BCUT2D eigenvalue weighted by atomic mass is 9.94. The molecule has 0 radical (unpaired) electrons. The van der Waals surface area contributed by atoms with Crippen LogP contribution in [-0.2, 0) is 4.79 Å². The first-order valence-corrected chi connectivity index (χ1v) is 7.35. The van der Waals surface area contributed by atoms with Crippen molar-refractivity contribution < 1.29 is 9.90 Å². The number of rotatable bonds is 3. The van der Waals surface area contributed by atoms with Crippen molar-refractivity contribution >= 4 is 5.97 Å². The Kier molecular flexibility index (Phi) is 3.46. The summed E-state index contributed by atoms with van der Waals surface area (Å²) in [6.45, 7) is 4.86. The van der Waals surface area contributed by atoms with Crippen LogP contribution >= 0.6 is 0 Å². The number of hydrogen-bond acceptors (Lipinski definition) is 4. The van der Waals surface area contributed by atoms with Gasteiger partial charge in [0.1, 0.15) is 6.04 Å². The quantitative estimate of drug-likeness (QED) is 0.914. The number of carbonyl (C=O) groups is 1. The predicted molar refractivity (Wildman–Crippen MR) is 74.1 cm³/mol. The van der Waals surface area contributed by atoms with Crippen molar-refractivity contribution in [1.82, 2.24) is 14.9 Å². The standard InChI is InChI=1S/C15H21N3O2/c1-9-13(17-7-6-16-9)10(2)18-8-11-4-3-5-12(11)14(18)15(19)20/h6-7,10-12,14H,3-5,8H2,1-2H3,(H,19,20). The van der Waals surface area contributed by atoms with Crippen LogP contribution in [0.1, 0.15) is 43.6 Å². The minimum absolute atomic E-state index is 0.00963. The van der Waals surface area contributed by atoms with Gasteiger partial charge in [0.05, 0.1) is 17.4 Å². The molecule has 0 aromatic carbocycles. The van der Waals surface area contributed by atoms with Crippen LogP contribution in [0.4, 0.5) is 0 Å². The maximum absolute atomic E-state index is 11.7. The Bertz CT molecular complexity index is 520. The summed E-state index contributed by atoms with van der Waals surface area (Å²) in [7, 11) is 0. The third-order valence-corrected chi connectivity index (χ3v) is 4.99. The molecular formula is C15H21N3O2. The van der Waals surface area contributed by atoms with Gasteiger partial charge in [-0.15, -0.1) is 0 Å². The summed E-state index contributed by atoms with van der Waals surface area (Å²) in [4.78, 5) is 22.5. The molecular weight excluding hydrogens is 254 g/mol. The Balaban J connectivity index is 1.89. The first-order valence-electron chi connectivity index (χ1n) is 7.35. The van der Waals surface area contributed by atoms with Gasteiger partial charge >= 0.3 is 5.97 Å². The van der Waals surface area contributed by atoms with Crippen LogP contribution in [0.5, 0.6) is 0 Å². The lowest BCUT2D eigenvalue weighted by molar-refractivity contribution is -0.144. The van der Waals surface area contributed by atoms with Crippen molar-refractivity contribution in [3.63, 3.8) is 0 Å². The van der Waals surface area contributed by atoms with Gasteiger partial charge in [0.25, 0.3) is 0 Å². The molecule has 1 saturated carbocycles. The molecule has 1 aromatic rings. The van der Waals surface area contributed by atoms with Gasteiger partial charge in [-0.2, -0.15) is 0 Å². The normalized spacial score (nSPS) is 31.2. The van der Waals surface area contributed by atoms with E-state index < -0.39 is 5.97 Å². The SMILES string of the molecule is Cc1nccnc1C(C)N1CC2CCCC2C1C(=O)O. The molecule has 20 heavy (non-hydrogen) atoms. The average Bonchev–Trinajstić information content (AvgIpc) is 2.97. The van der Waals surface area contributed by atoms with Crippen LogP contribution < -0.4 is 0 Å². The van der Waals surface area contributed by atoms with Gasteiger partial charge in [-0.05, 0) is 38.5 Å². The molecule has 1 aliphatic heterocycles. The molecule has 1 saturated heterocycles. The number of likely N-dealkylation sites (tertiary alicyclic amines) is 1. The Morgan fingerprint density at radius 1 is 1.40 bits per heavy atom. The average molecular weight is 275 g/mol. The van der Waals surface area contributed by atoms with Crippen LogP contribution in [0.25, 0.3) is 0 Å². The van der Waals surface area contributed by atoms with Gasteiger partial charge < -0.3 is 5.11 Å². The van der Waals surface area contributed by atoms with Crippen LogP contribution in [0, 0.1) is 18.8 Å². The molecule has 0 amide bonds. The van der Waals surface area contributed by atoms with E-state index in [1.807, 2.05) is 13.8 Å². The first kappa shape index (κ1) is 13.5. The third-order valence-electron chi connectivity index (χ3n) is 4.99. The van der Waals surface area contributed by atoms with Crippen molar-refractivity contribution in [2.24, 2.45) is 11.8 Å². The zero-order valence-electron chi connectivity index (χ0n) is 12.0. The highest BCUT2D eigenvalue weighted by Gasteiger charge is 2.49. The summed E-state index contributed by atoms with van der Waals surface area (Å²) in [5, 5.41) is 9.62. The number of fused-ring (bicyclic) bond motifs is 1. The monoisotopic (exact) mass is 275 g/mol. The van der Waals surface area contributed by atoms with Crippen molar-refractivity contribution in [2.45, 2.75) is 45.2 Å². The molecule has 0 bridgehead atoms. The molecule has 4 atom stereocenters. The van der Waals surface area contributed by atoms with E-state index in [9.17, 15) is 9.90 Å². The summed E-state index contributed by atoms with van der Waals surface area (Å²) in [5.74, 6) is 0.162. The second-order valence-corrected chi connectivity index (χ2v) is 6.04. The number of carboxylic acid groups (broad SMARTS) is 1. The van der Waals surface area contributed by atoms with E-state index in [1.54, 1.807) is 12.4 Å². The number of aryl methyl sites for hydroxylation is 1. The minimum atomic E-state index is -0.687. The molecule has 5 heteroatoms. The smallest absolute Gasteiger partial charge is 0.321 e. The van der Waals surface area contributed by atoms with Crippen molar-refractivity contribution in [3.8, 4) is 0 Å². The lowest BCUT2D eigenvalue weighted by Gasteiger charge is -2.30. The molecule has 1 aromatic heterocycles. The van der Waals surface area contributed by atoms with Crippen molar-refractivity contribution in [2.75, 3.05) is 6.54 Å². The van der Waals surface area contributed by atoms with Crippen LogP contribution in [0.15, 0.2) is 12.4 Å². The fourth-order valence-electron chi connectivity index (χ4n) is 4.05. The lowest BCUT2D eigenvalue weighted by Crippen LogP contribution is -2.41. The van der Waals surface area contributed by atoms with Crippen LogP contribution in [0.3, 0.4) is 0 Å². The molecule has 5 nitrogen and oxygen atoms in total. The highest BCUT2D eigenvalue weighted by molar-refractivity contribution is 5.74. The summed E-state index contributed by atoms with van der Waals surface area (Å²) >= 11 is 0. The maximum atomic E-state index is 11.7. The maximum Gasteiger partial charge on any atom is 0.321 e. The summed E-state index contributed by atoms with van der Waals surface area (Å²) in [5.41, 5.74) is 1.79. The zero-order valence-corrected chi connectivity index (χ0v) is 12.0. The van der Waals surface area contributed by atoms with Gasteiger partial charge in [-0.25, -0.2) is 0 Å².